The Bertz CT molecular complexity index is 488. The highest BCUT2D eigenvalue weighted by atomic mass is 32.1. The Labute approximate surface area is 104 Å². The Hall–Kier alpha value is -1.10. The fourth-order valence-corrected chi connectivity index (χ4v) is 3.71. The molecule has 1 heterocycles. The topological polar surface area (TPSA) is 59.3 Å². The molecule has 0 spiro atoms. The first-order valence-electron chi connectivity index (χ1n) is 5.93. The summed E-state index contributed by atoms with van der Waals surface area (Å²) in [5.41, 5.74) is 1.08. The Morgan fingerprint density at radius 1 is 1.53 bits per heavy atom. The number of rotatable bonds is 3. The van der Waals surface area contributed by atoms with Crippen LogP contribution in [0.2, 0.25) is 0 Å². The molecule has 1 aliphatic rings. The summed E-state index contributed by atoms with van der Waals surface area (Å²) in [5.74, 6) is 0.147. The van der Waals surface area contributed by atoms with E-state index in [-0.39, 0.29) is 11.3 Å². The van der Waals surface area contributed by atoms with Gasteiger partial charge in [-0.05, 0) is 24.7 Å². The van der Waals surface area contributed by atoms with Gasteiger partial charge in [0.15, 0.2) is 0 Å². The summed E-state index contributed by atoms with van der Waals surface area (Å²) in [6.07, 6.45) is 2.04. The van der Waals surface area contributed by atoms with E-state index in [2.05, 4.69) is 13.8 Å². The van der Waals surface area contributed by atoms with Gasteiger partial charge in [0.1, 0.15) is 0 Å². The second kappa shape index (κ2) is 4.64. The van der Waals surface area contributed by atoms with Crippen LogP contribution in [0.5, 0.6) is 0 Å². The van der Waals surface area contributed by atoms with Crippen molar-refractivity contribution in [3.05, 3.63) is 20.2 Å². The maximum absolute atomic E-state index is 11.9. The molecule has 2 atom stereocenters. The van der Waals surface area contributed by atoms with Crippen LogP contribution in [0.25, 0.3) is 0 Å². The average molecular weight is 255 g/mol. The molecule has 0 fully saturated rings. The van der Waals surface area contributed by atoms with Gasteiger partial charge >= 0.3 is 10.8 Å². The van der Waals surface area contributed by atoms with Crippen LogP contribution < -0.4 is 4.87 Å². The highest BCUT2D eigenvalue weighted by Gasteiger charge is 2.27. The molecule has 17 heavy (non-hydrogen) atoms. The summed E-state index contributed by atoms with van der Waals surface area (Å²) in [7, 11) is 0. The van der Waals surface area contributed by atoms with Gasteiger partial charge in [-0.2, -0.15) is 0 Å². The summed E-state index contributed by atoms with van der Waals surface area (Å²) < 4.78 is 1.67. The molecule has 0 bridgehead atoms. The maximum Gasteiger partial charge on any atom is 0.307 e. The minimum atomic E-state index is -0.853. The lowest BCUT2D eigenvalue weighted by molar-refractivity contribution is -0.137. The molecule has 0 saturated heterocycles. The van der Waals surface area contributed by atoms with Crippen LogP contribution in [0.3, 0.4) is 0 Å². The van der Waals surface area contributed by atoms with Crippen molar-refractivity contribution in [2.75, 3.05) is 0 Å². The number of aromatic nitrogens is 1. The van der Waals surface area contributed by atoms with Crippen molar-refractivity contribution in [1.29, 1.82) is 0 Å². The predicted molar refractivity (Wildman–Crippen MR) is 66.7 cm³/mol. The van der Waals surface area contributed by atoms with Crippen LogP contribution in [0.4, 0.5) is 0 Å². The Kier molecular flexibility index (Phi) is 3.38. The van der Waals surface area contributed by atoms with E-state index in [1.807, 2.05) is 0 Å². The van der Waals surface area contributed by atoms with Crippen LogP contribution in [0.1, 0.15) is 43.2 Å². The minimum absolute atomic E-state index is 0.00259. The van der Waals surface area contributed by atoms with Crippen LogP contribution in [-0.2, 0) is 17.8 Å². The molecule has 0 aliphatic heterocycles. The molecular weight excluding hydrogens is 238 g/mol. The number of carbonyl (C=O) groups is 1. The van der Waals surface area contributed by atoms with Gasteiger partial charge in [0, 0.05) is 17.1 Å². The van der Waals surface area contributed by atoms with Gasteiger partial charge in [0.05, 0.1) is 6.42 Å². The molecule has 0 amide bonds. The number of carboxylic acid groups (broad SMARTS) is 1. The van der Waals surface area contributed by atoms with Gasteiger partial charge in [-0.3, -0.25) is 9.59 Å². The number of hydrogen-bond acceptors (Lipinski definition) is 3. The van der Waals surface area contributed by atoms with Crippen molar-refractivity contribution in [2.24, 2.45) is 5.92 Å². The molecule has 0 radical (unpaired) electrons. The van der Waals surface area contributed by atoms with Gasteiger partial charge in [0.2, 0.25) is 0 Å². The first-order valence-corrected chi connectivity index (χ1v) is 6.75. The van der Waals surface area contributed by atoms with Gasteiger partial charge in [-0.25, -0.2) is 0 Å². The molecule has 94 valence electrons. The number of hydrogen-bond donors (Lipinski definition) is 1. The second-order valence-electron chi connectivity index (χ2n) is 4.92. The normalized spacial score (nSPS) is 23.4. The van der Waals surface area contributed by atoms with E-state index >= 15 is 0 Å². The van der Waals surface area contributed by atoms with Crippen molar-refractivity contribution in [3.8, 4) is 0 Å². The lowest BCUT2D eigenvalue weighted by Crippen LogP contribution is -2.22. The summed E-state index contributed by atoms with van der Waals surface area (Å²) >= 11 is 1.29. The molecule has 1 aliphatic carbocycles. The third kappa shape index (κ3) is 2.44. The molecular formula is C12H17NO3S. The smallest absolute Gasteiger partial charge is 0.307 e. The first kappa shape index (κ1) is 12.4. The predicted octanol–water partition coefficient (Wildman–Crippen LogP) is 2.07. The molecule has 1 aromatic heterocycles. The number of aliphatic carboxylic acids is 1. The fraction of sp³-hybridized carbons (Fsp3) is 0.667. The van der Waals surface area contributed by atoms with Gasteiger partial charge < -0.3 is 9.67 Å². The van der Waals surface area contributed by atoms with Crippen molar-refractivity contribution in [1.82, 2.24) is 4.57 Å². The highest BCUT2D eigenvalue weighted by Crippen LogP contribution is 2.36. The van der Waals surface area contributed by atoms with Crippen molar-refractivity contribution >= 4 is 17.3 Å². The summed E-state index contributed by atoms with van der Waals surface area (Å²) in [6, 6.07) is 0. The molecule has 2 unspecified atom stereocenters. The maximum atomic E-state index is 11.9. The minimum Gasteiger partial charge on any atom is -0.481 e. The SMILES string of the molecule is CC1Cc2c(sc(=O)n2CCC(=O)O)C(C)C1. The third-order valence-corrected chi connectivity index (χ3v) is 4.58. The van der Waals surface area contributed by atoms with E-state index in [1.54, 1.807) is 4.57 Å². The quantitative estimate of drug-likeness (QED) is 0.899. The van der Waals surface area contributed by atoms with Gasteiger partial charge in [-0.1, -0.05) is 25.2 Å². The summed E-state index contributed by atoms with van der Waals surface area (Å²) in [6.45, 7) is 4.63. The fourth-order valence-electron chi connectivity index (χ4n) is 2.60. The lowest BCUT2D eigenvalue weighted by atomic mass is 9.85. The molecule has 4 nitrogen and oxygen atoms in total. The van der Waals surface area contributed by atoms with Crippen molar-refractivity contribution in [2.45, 2.75) is 45.6 Å². The Morgan fingerprint density at radius 3 is 2.88 bits per heavy atom. The third-order valence-electron chi connectivity index (χ3n) is 3.32. The van der Waals surface area contributed by atoms with Crippen molar-refractivity contribution < 1.29 is 9.90 Å². The monoisotopic (exact) mass is 255 g/mol. The van der Waals surface area contributed by atoms with E-state index in [4.69, 9.17) is 5.11 Å². The lowest BCUT2D eigenvalue weighted by Gasteiger charge is -2.24. The highest BCUT2D eigenvalue weighted by molar-refractivity contribution is 7.09. The average Bonchev–Trinajstić information content (AvgIpc) is 2.52. The first-order chi connectivity index (χ1) is 7.99. The Morgan fingerprint density at radius 2 is 2.24 bits per heavy atom. The van der Waals surface area contributed by atoms with Crippen LogP contribution in [-0.4, -0.2) is 15.6 Å². The van der Waals surface area contributed by atoms with Crippen LogP contribution >= 0.6 is 11.3 Å². The standard InChI is InChI=1S/C12H17NO3S/c1-7-5-8(2)11-9(6-7)13(12(16)17-11)4-3-10(14)15/h7-8H,3-6H2,1-2H3,(H,14,15). The number of carboxylic acids is 1. The zero-order valence-electron chi connectivity index (χ0n) is 10.1. The summed E-state index contributed by atoms with van der Waals surface area (Å²) in [4.78, 5) is 23.6. The van der Waals surface area contributed by atoms with Crippen LogP contribution in [0, 0.1) is 5.92 Å². The van der Waals surface area contributed by atoms with E-state index in [0.717, 1.165) is 18.5 Å². The molecule has 2 rings (SSSR count). The van der Waals surface area contributed by atoms with E-state index in [9.17, 15) is 9.59 Å². The van der Waals surface area contributed by atoms with E-state index in [1.165, 1.54) is 16.2 Å². The Balaban J connectivity index is 2.33. The zero-order valence-corrected chi connectivity index (χ0v) is 10.9. The molecule has 0 aromatic carbocycles. The van der Waals surface area contributed by atoms with Crippen molar-refractivity contribution in [3.63, 3.8) is 0 Å². The van der Waals surface area contributed by atoms with E-state index < -0.39 is 5.97 Å². The molecule has 5 heteroatoms. The zero-order chi connectivity index (χ0) is 12.6. The molecule has 1 N–H and O–H groups in total. The number of fused-ring (bicyclic) bond motifs is 1. The number of thiazole rings is 1. The molecule has 1 aromatic rings. The largest absolute Gasteiger partial charge is 0.481 e. The summed E-state index contributed by atoms with van der Waals surface area (Å²) in [5, 5.41) is 8.70. The van der Waals surface area contributed by atoms with Crippen LogP contribution in [0.15, 0.2) is 4.79 Å². The molecule has 0 saturated carbocycles. The second-order valence-corrected chi connectivity index (χ2v) is 5.91. The van der Waals surface area contributed by atoms with Gasteiger partial charge in [0.25, 0.3) is 0 Å². The van der Waals surface area contributed by atoms with E-state index in [0.29, 0.717) is 18.4 Å². The number of nitrogens with zero attached hydrogens (tertiary/aromatic N) is 1. The van der Waals surface area contributed by atoms with Gasteiger partial charge in [-0.15, -0.1) is 0 Å².